The SMILES string of the molecule is CCN(C(=O)c1cccc(C)n1)c1ccc(CN)cc1. The lowest BCUT2D eigenvalue weighted by atomic mass is 10.2. The number of anilines is 1. The molecular weight excluding hydrogens is 250 g/mol. The van der Waals surface area contributed by atoms with Crippen molar-refractivity contribution in [2.24, 2.45) is 5.73 Å². The number of aromatic nitrogens is 1. The summed E-state index contributed by atoms with van der Waals surface area (Å²) >= 11 is 0. The van der Waals surface area contributed by atoms with Gasteiger partial charge >= 0.3 is 0 Å². The Bertz CT molecular complexity index is 593. The largest absolute Gasteiger partial charge is 0.326 e. The molecule has 2 rings (SSSR count). The molecule has 0 saturated carbocycles. The third-order valence-electron chi connectivity index (χ3n) is 3.15. The van der Waals surface area contributed by atoms with Gasteiger partial charge in [-0.1, -0.05) is 18.2 Å². The predicted octanol–water partition coefficient (Wildman–Crippen LogP) is 2.52. The molecular formula is C16H19N3O. The summed E-state index contributed by atoms with van der Waals surface area (Å²) in [5.41, 5.74) is 8.80. The highest BCUT2D eigenvalue weighted by Gasteiger charge is 2.17. The van der Waals surface area contributed by atoms with E-state index in [1.807, 2.05) is 50.2 Å². The van der Waals surface area contributed by atoms with Gasteiger partial charge in [-0.25, -0.2) is 4.98 Å². The van der Waals surface area contributed by atoms with Gasteiger partial charge in [-0.2, -0.15) is 0 Å². The molecule has 104 valence electrons. The molecule has 0 spiro atoms. The predicted molar refractivity (Wildman–Crippen MR) is 80.7 cm³/mol. The van der Waals surface area contributed by atoms with Crippen molar-refractivity contribution in [3.05, 3.63) is 59.4 Å². The van der Waals surface area contributed by atoms with Crippen LogP contribution in [0.5, 0.6) is 0 Å². The summed E-state index contributed by atoms with van der Waals surface area (Å²) < 4.78 is 0. The summed E-state index contributed by atoms with van der Waals surface area (Å²) in [6.07, 6.45) is 0. The van der Waals surface area contributed by atoms with Gasteiger partial charge in [0.2, 0.25) is 0 Å². The van der Waals surface area contributed by atoms with E-state index in [0.717, 1.165) is 16.9 Å². The zero-order valence-electron chi connectivity index (χ0n) is 11.8. The summed E-state index contributed by atoms with van der Waals surface area (Å²) in [6, 6.07) is 13.2. The Balaban J connectivity index is 2.29. The number of benzene rings is 1. The molecule has 2 N–H and O–H groups in total. The van der Waals surface area contributed by atoms with Crippen molar-refractivity contribution < 1.29 is 4.79 Å². The first kappa shape index (κ1) is 14.2. The van der Waals surface area contributed by atoms with E-state index in [-0.39, 0.29) is 5.91 Å². The van der Waals surface area contributed by atoms with E-state index < -0.39 is 0 Å². The zero-order chi connectivity index (χ0) is 14.5. The minimum atomic E-state index is -0.0864. The molecule has 0 radical (unpaired) electrons. The van der Waals surface area contributed by atoms with E-state index in [0.29, 0.717) is 18.8 Å². The maximum absolute atomic E-state index is 12.5. The van der Waals surface area contributed by atoms with Crippen molar-refractivity contribution in [1.29, 1.82) is 0 Å². The molecule has 0 aliphatic heterocycles. The minimum Gasteiger partial charge on any atom is -0.326 e. The highest BCUT2D eigenvalue weighted by atomic mass is 16.2. The van der Waals surface area contributed by atoms with Crippen LogP contribution in [0.15, 0.2) is 42.5 Å². The van der Waals surface area contributed by atoms with Gasteiger partial charge in [-0.05, 0) is 43.7 Å². The monoisotopic (exact) mass is 269 g/mol. The smallest absolute Gasteiger partial charge is 0.276 e. The Labute approximate surface area is 119 Å². The van der Waals surface area contributed by atoms with E-state index in [2.05, 4.69) is 4.98 Å². The molecule has 4 nitrogen and oxygen atoms in total. The second-order valence-corrected chi connectivity index (χ2v) is 4.58. The van der Waals surface area contributed by atoms with E-state index >= 15 is 0 Å². The highest BCUT2D eigenvalue weighted by molar-refractivity contribution is 6.04. The van der Waals surface area contributed by atoms with Gasteiger partial charge in [-0.3, -0.25) is 4.79 Å². The van der Waals surface area contributed by atoms with Crippen molar-refractivity contribution in [3.63, 3.8) is 0 Å². The maximum atomic E-state index is 12.5. The second-order valence-electron chi connectivity index (χ2n) is 4.58. The lowest BCUT2D eigenvalue weighted by Crippen LogP contribution is -2.31. The molecule has 1 amide bonds. The quantitative estimate of drug-likeness (QED) is 0.927. The molecule has 20 heavy (non-hydrogen) atoms. The summed E-state index contributed by atoms with van der Waals surface area (Å²) in [5.74, 6) is -0.0864. The van der Waals surface area contributed by atoms with Crippen molar-refractivity contribution >= 4 is 11.6 Å². The van der Waals surface area contributed by atoms with Gasteiger partial charge in [0.1, 0.15) is 5.69 Å². The van der Waals surface area contributed by atoms with Gasteiger partial charge in [0.25, 0.3) is 5.91 Å². The molecule has 0 aliphatic carbocycles. The van der Waals surface area contributed by atoms with Crippen LogP contribution in [0.25, 0.3) is 0 Å². The first-order valence-corrected chi connectivity index (χ1v) is 6.70. The van der Waals surface area contributed by atoms with Gasteiger partial charge in [-0.15, -0.1) is 0 Å². The van der Waals surface area contributed by atoms with Crippen molar-refractivity contribution in [1.82, 2.24) is 4.98 Å². The van der Waals surface area contributed by atoms with Crippen LogP contribution < -0.4 is 10.6 Å². The average Bonchev–Trinajstić information content (AvgIpc) is 2.48. The molecule has 0 fully saturated rings. The summed E-state index contributed by atoms with van der Waals surface area (Å²) in [6.45, 7) is 4.92. The number of nitrogens with zero attached hydrogens (tertiary/aromatic N) is 2. The Morgan fingerprint density at radius 2 is 1.90 bits per heavy atom. The van der Waals surface area contributed by atoms with Crippen molar-refractivity contribution in [3.8, 4) is 0 Å². The molecule has 4 heteroatoms. The van der Waals surface area contributed by atoms with Crippen LogP contribution in [0.1, 0.15) is 28.7 Å². The average molecular weight is 269 g/mol. The van der Waals surface area contributed by atoms with E-state index in [1.54, 1.807) is 11.0 Å². The third-order valence-corrected chi connectivity index (χ3v) is 3.15. The summed E-state index contributed by atoms with van der Waals surface area (Å²) in [7, 11) is 0. The Kier molecular flexibility index (Phi) is 4.48. The Hall–Kier alpha value is -2.20. The molecule has 0 saturated heterocycles. The second kappa shape index (κ2) is 6.30. The van der Waals surface area contributed by atoms with Crippen LogP contribution in [0.2, 0.25) is 0 Å². The fourth-order valence-electron chi connectivity index (χ4n) is 2.06. The Morgan fingerprint density at radius 1 is 1.20 bits per heavy atom. The maximum Gasteiger partial charge on any atom is 0.276 e. The highest BCUT2D eigenvalue weighted by Crippen LogP contribution is 2.17. The molecule has 0 bridgehead atoms. The number of hydrogen-bond acceptors (Lipinski definition) is 3. The first-order valence-electron chi connectivity index (χ1n) is 6.70. The molecule has 0 unspecified atom stereocenters. The van der Waals surface area contributed by atoms with Crippen LogP contribution in [0.3, 0.4) is 0 Å². The van der Waals surface area contributed by atoms with E-state index in [9.17, 15) is 4.79 Å². The standard InChI is InChI=1S/C16H19N3O/c1-3-19(14-9-7-13(11-17)8-10-14)16(20)15-6-4-5-12(2)18-15/h4-10H,3,11,17H2,1-2H3. The number of aryl methyl sites for hydroxylation is 1. The Morgan fingerprint density at radius 3 is 2.45 bits per heavy atom. The number of rotatable bonds is 4. The molecule has 0 atom stereocenters. The number of carbonyl (C=O) groups is 1. The molecule has 1 heterocycles. The lowest BCUT2D eigenvalue weighted by Gasteiger charge is -2.21. The van der Waals surface area contributed by atoms with Crippen LogP contribution >= 0.6 is 0 Å². The number of nitrogens with two attached hydrogens (primary N) is 1. The van der Waals surface area contributed by atoms with Crippen LogP contribution in [0, 0.1) is 6.92 Å². The lowest BCUT2D eigenvalue weighted by molar-refractivity contribution is 0.0983. The minimum absolute atomic E-state index is 0.0864. The van der Waals surface area contributed by atoms with Gasteiger partial charge in [0, 0.05) is 24.5 Å². The fraction of sp³-hybridized carbons (Fsp3) is 0.250. The molecule has 0 aliphatic rings. The zero-order valence-corrected chi connectivity index (χ0v) is 11.8. The molecule has 2 aromatic rings. The summed E-state index contributed by atoms with van der Waals surface area (Å²) in [5, 5.41) is 0. The topological polar surface area (TPSA) is 59.2 Å². The summed E-state index contributed by atoms with van der Waals surface area (Å²) in [4.78, 5) is 18.5. The van der Waals surface area contributed by atoms with Gasteiger partial charge < -0.3 is 10.6 Å². The molecule has 1 aromatic carbocycles. The number of carbonyl (C=O) groups excluding carboxylic acids is 1. The van der Waals surface area contributed by atoms with Crippen LogP contribution in [-0.2, 0) is 6.54 Å². The van der Waals surface area contributed by atoms with Crippen molar-refractivity contribution in [2.75, 3.05) is 11.4 Å². The van der Waals surface area contributed by atoms with Crippen LogP contribution in [-0.4, -0.2) is 17.4 Å². The van der Waals surface area contributed by atoms with Gasteiger partial charge in [0.15, 0.2) is 0 Å². The van der Waals surface area contributed by atoms with E-state index in [4.69, 9.17) is 5.73 Å². The normalized spacial score (nSPS) is 10.3. The van der Waals surface area contributed by atoms with Crippen molar-refractivity contribution in [2.45, 2.75) is 20.4 Å². The third kappa shape index (κ3) is 3.03. The first-order chi connectivity index (χ1) is 9.65. The van der Waals surface area contributed by atoms with E-state index in [1.165, 1.54) is 0 Å². The number of pyridine rings is 1. The molecule has 1 aromatic heterocycles. The fourth-order valence-corrected chi connectivity index (χ4v) is 2.06. The van der Waals surface area contributed by atoms with Crippen LogP contribution in [0.4, 0.5) is 5.69 Å². The van der Waals surface area contributed by atoms with Gasteiger partial charge in [0.05, 0.1) is 0 Å². The number of amides is 1. The number of hydrogen-bond donors (Lipinski definition) is 1.